The smallest absolute Gasteiger partial charge is 0.350 e. The first-order valence-corrected chi connectivity index (χ1v) is 29.0. The zero-order chi connectivity index (χ0) is 53.7. The standard InChI is InChI=1S/C62H83N9O6/c1-6-66-47-32-40-12-7-15-42-39-14-9-26-59(3,34-38-18-22-49(63)69-36-38)35-41-13-8-16-45-52(41)55(74)62(57(75)76-48(17-10-31-72)53(47)44(20-19-39)51(40)42)61(77-62,54(45)73)28-24-37(2)33-60(27-11-29-68-58(65-5)71-60)46-25-30-67-56-43(46)21-23-50(64-4)70-56/h7-8,12-13,16,18-20,22,24-25,32,36,39,42,44,47-51,53,64,66-67,69-70,72H,6,9-11,14-15,17,21,23,26-31,33-35,63H2,1-5H3,(H2,65,68,71). The van der Waals surface area contributed by atoms with Crippen molar-refractivity contribution < 1.29 is 29.0 Å². The van der Waals surface area contributed by atoms with Crippen LogP contribution in [0.2, 0.25) is 0 Å². The van der Waals surface area contributed by atoms with Gasteiger partial charge in [-0.3, -0.25) is 14.6 Å². The Bertz CT molecular complexity index is 2810. The molecule has 77 heavy (non-hydrogen) atoms. The van der Waals surface area contributed by atoms with Crippen molar-refractivity contribution in [2.75, 3.05) is 40.3 Å². The predicted octanol–water partition coefficient (Wildman–Crippen LogP) is 6.33. The molecule has 2 saturated heterocycles. The Labute approximate surface area is 455 Å². The highest BCUT2D eigenvalue weighted by Crippen LogP contribution is 2.61. The van der Waals surface area contributed by atoms with Crippen LogP contribution in [0.5, 0.6) is 0 Å². The van der Waals surface area contributed by atoms with Crippen molar-refractivity contribution in [3.05, 3.63) is 129 Å². The van der Waals surface area contributed by atoms with Gasteiger partial charge in [0.2, 0.25) is 5.78 Å². The number of carbonyl (C=O) groups is 3. The number of carbonyl (C=O) groups excluding carboxylic acids is 3. The van der Waals surface area contributed by atoms with E-state index in [9.17, 15) is 5.11 Å². The first-order chi connectivity index (χ1) is 37.3. The van der Waals surface area contributed by atoms with E-state index in [1.54, 1.807) is 13.1 Å². The molecule has 15 nitrogen and oxygen atoms in total. The van der Waals surface area contributed by atoms with Crippen LogP contribution in [0.15, 0.2) is 118 Å². The van der Waals surface area contributed by atoms with Crippen molar-refractivity contribution in [3.8, 4) is 0 Å². The van der Waals surface area contributed by atoms with Gasteiger partial charge in [0.25, 0.3) is 5.60 Å². The summed E-state index contributed by atoms with van der Waals surface area (Å²) in [5.74, 6) is 0.847. The number of hydrogen-bond acceptors (Lipinski definition) is 13. The second-order valence-electron chi connectivity index (χ2n) is 24.1. The molecule has 6 bridgehead atoms. The molecule has 13 unspecified atom stereocenters. The van der Waals surface area contributed by atoms with E-state index in [-0.39, 0.29) is 71.5 Å². The summed E-state index contributed by atoms with van der Waals surface area (Å²) in [4.78, 5) is 52.5. The van der Waals surface area contributed by atoms with Crippen molar-refractivity contribution >= 4 is 23.5 Å². The van der Waals surface area contributed by atoms with Crippen LogP contribution in [-0.2, 0) is 20.7 Å². The number of Topliss-reactive ketones (excluding diaryl/α,β-unsaturated/α-hetero) is 2. The van der Waals surface area contributed by atoms with E-state index in [4.69, 9.17) is 15.2 Å². The fourth-order valence-corrected chi connectivity index (χ4v) is 15.6. The number of ketones is 2. The number of aliphatic hydroxyl groups excluding tert-OH is 1. The summed E-state index contributed by atoms with van der Waals surface area (Å²) in [6.07, 6.45) is 31.4. The van der Waals surface area contributed by atoms with E-state index in [0.29, 0.717) is 57.0 Å². The van der Waals surface area contributed by atoms with Crippen molar-refractivity contribution in [3.63, 3.8) is 0 Å². The third-order valence-electron chi connectivity index (χ3n) is 19.2. The highest BCUT2D eigenvalue weighted by molar-refractivity contribution is 6.33. The van der Waals surface area contributed by atoms with Gasteiger partial charge in [-0.1, -0.05) is 92.6 Å². The lowest BCUT2D eigenvalue weighted by Crippen LogP contribution is -2.56. The van der Waals surface area contributed by atoms with Crippen molar-refractivity contribution in [1.29, 1.82) is 0 Å². The molecule has 13 atom stereocenters. The maximum absolute atomic E-state index is 16.1. The van der Waals surface area contributed by atoms with E-state index in [1.807, 2.05) is 37.5 Å². The van der Waals surface area contributed by atoms with Crippen LogP contribution in [0.25, 0.3) is 0 Å². The molecular weight excluding hydrogens is 967 g/mol. The van der Waals surface area contributed by atoms with Crippen LogP contribution in [-0.4, -0.2) is 110 Å². The molecule has 7 aliphatic heterocycles. The molecule has 0 radical (unpaired) electrons. The van der Waals surface area contributed by atoms with Crippen LogP contribution in [0.1, 0.15) is 131 Å². The SMILES string of the molecule is CCNC1C=C2C=CCC3C4C=CC(C23)C1C(CCCO)OC(=O)C12OC1(CC=C(C)CC1(C3=CCNC5=C3CCC(NC)N5)CCCNC(=NC)N1)C(=O)c1cccc(c1C2=O)CC(C)(CC1=CNC(N)C=C1)CCC4. The first kappa shape index (κ1) is 53.4. The number of aliphatic hydroxyl groups is 1. The Morgan fingerprint density at radius 2 is 1.94 bits per heavy atom. The summed E-state index contributed by atoms with van der Waals surface area (Å²) in [5.41, 5.74) is 8.45. The van der Waals surface area contributed by atoms with Gasteiger partial charge in [0, 0.05) is 62.5 Å². The van der Waals surface area contributed by atoms with E-state index in [2.05, 4.69) is 106 Å². The van der Waals surface area contributed by atoms with Crippen molar-refractivity contribution in [2.45, 2.75) is 152 Å². The second-order valence-corrected chi connectivity index (χ2v) is 24.1. The number of nitrogens with two attached hydrogens (primary N) is 1. The third kappa shape index (κ3) is 9.59. The number of ether oxygens (including phenoxy) is 2. The molecule has 1 aromatic carbocycles. The summed E-state index contributed by atoms with van der Waals surface area (Å²) < 4.78 is 13.8. The summed E-state index contributed by atoms with van der Waals surface area (Å²) in [7, 11) is 3.77. The summed E-state index contributed by atoms with van der Waals surface area (Å²) in [6, 6.07) is 5.45. The summed E-state index contributed by atoms with van der Waals surface area (Å²) in [5, 5.41) is 35.5. The Balaban J connectivity index is 1.01. The van der Waals surface area contributed by atoms with E-state index in [0.717, 1.165) is 86.4 Å². The molecule has 11 aliphatic rings. The minimum absolute atomic E-state index is 0.00177. The molecule has 2 fully saturated rings. The lowest BCUT2D eigenvalue weighted by Gasteiger charge is -2.51. The number of fused-ring (bicyclic) bond motifs is 6. The summed E-state index contributed by atoms with van der Waals surface area (Å²) in [6.45, 7) is 8.52. The van der Waals surface area contributed by atoms with Gasteiger partial charge in [0.15, 0.2) is 17.3 Å². The molecule has 7 heterocycles. The monoisotopic (exact) mass is 1050 g/mol. The molecule has 15 heteroatoms. The van der Waals surface area contributed by atoms with Gasteiger partial charge < -0.3 is 57.5 Å². The maximum Gasteiger partial charge on any atom is 0.350 e. The summed E-state index contributed by atoms with van der Waals surface area (Å²) >= 11 is 0. The number of guanidine groups is 1. The number of rotatable bonds is 13. The Morgan fingerprint density at radius 1 is 1.06 bits per heavy atom. The number of epoxide rings is 1. The zero-order valence-electron chi connectivity index (χ0n) is 45.9. The van der Waals surface area contributed by atoms with Gasteiger partial charge in [-0.15, -0.1) is 0 Å². The predicted molar refractivity (Wildman–Crippen MR) is 300 cm³/mol. The number of allylic oxidation sites excluding steroid dienone is 7. The third-order valence-corrected chi connectivity index (χ3v) is 19.2. The molecule has 0 amide bonds. The molecule has 0 aromatic heterocycles. The van der Waals surface area contributed by atoms with Gasteiger partial charge >= 0.3 is 5.97 Å². The first-order valence-electron chi connectivity index (χ1n) is 29.0. The number of esters is 1. The minimum atomic E-state index is -2.22. The van der Waals surface area contributed by atoms with Gasteiger partial charge in [-0.2, -0.15) is 0 Å². The molecule has 1 aromatic rings. The number of nitrogens with zero attached hydrogens (tertiary/aromatic N) is 1. The van der Waals surface area contributed by atoms with Crippen LogP contribution < -0.4 is 43.0 Å². The largest absolute Gasteiger partial charge is 0.459 e. The van der Waals surface area contributed by atoms with Crippen LogP contribution in [0, 0.1) is 35.0 Å². The number of likely N-dealkylation sites (N-methyl/N-ethyl adjacent to an activating group) is 1. The van der Waals surface area contributed by atoms with Crippen molar-refractivity contribution in [1.82, 2.24) is 37.2 Å². The Hall–Kier alpha value is -5.58. The second kappa shape index (κ2) is 21.6. The maximum atomic E-state index is 16.1. The molecule has 12 rings (SSSR count). The molecule has 4 aliphatic carbocycles. The van der Waals surface area contributed by atoms with Crippen LogP contribution in [0.3, 0.4) is 0 Å². The van der Waals surface area contributed by atoms with Crippen LogP contribution in [0.4, 0.5) is 0 Å². The Morgan fingerprint density at radius 3 is 2.73 bits per heavy atom. The Kier molecular flexibility index (Phi) is 15.0. The zero-order valence-corrected chi connectivity index (χ0v) is 45.9. The van der Waals surface area contributed by atoms with E-state index < -0.39 is 34.6 Å². The average molecular weight is 1050 g/mol. The molecular formula is C62H83N9O6. The topological polar surface area (TPSA) is 216 Å². The molecule has 412 valence electrons. The molecule has 10 N–H and O–H groups in total. The van der Waals surface area contributed by atoms with Gasteiger partial charge in [-0.05, 0) is 161 Å². The van der Waals surface area contributed by atoms with E-state index >= 15 is 14.4 Å². The molecule has 0 saturated carbocycles. The fourth-order valence-electron chi connectivity index (χ4n) is 15.6. The normalized spacial score (nSPS) is 37.8. The van der Waals surface area contributed by atoms with Crippen LogP contribution >= 0.6 is 0 Å². The highest BCUT2D eigenvalue weighted by atomic mass is 16.7. The fraction of sp³-hybridized carbons (Fsp3) is 0.581. The lowest BCUT2D eigenvalue weighted by atomic mass is 9.55. The average Bonchev–Trinajstić information content (AvgIpc) is 2.81. The number of dihydropyridines is 2. The van der Waals surface area contributed by atoms with Gasteiger partial charge in [0.1, 0.15) is 11.9 Å². The van der Waals surface area contributed by atoms with E-state index in [1.165, 1.54) is 16.7 Å². The number of hydrogen-bond donors (Lipinski definition) is 9. The number of aliphatic imine (C=N–C) groups is 1. The lowest BCUT2D eigenvalue weighted by molar-refractivity contribution is -0.159. The number of nitrogens with one attached hydrogen (secondary N) is 7. The van der Waals surface area contributed by atoms with Gasteiger partial charge in [-0.25, -0.2) is 4.79 Å². The quantitative estimate of drug-likeness (QED) is 0.0457. The van der Waals surface area contributed by atoms with Crippen molar-refractivity contribution in [2.24, 2.45) is 45.7 Å². The minimum Gasteiger partial charge on any atom is -0.459 e. The highest BCUT2D eigenvalue weighted by Gasteiger charge is 2.85. The number of benzene rings is 1. The van der Waals surface area contributed by atoms with Gasteiger partial charge in [0.05, 0.1) is 17.9 Å². The molecule has 1 spiro atoms.